The van der Waals surface area contributed by atoms with Gasteiger partial charge in [0.05, 0.1) is 5.56 Å². The van der Waals surface area contributed by atoms with Gasteiger partial charge in [-0.1, -0.05) is 11.6 Å². The number of carbonyl (C=O) groups excluding carboxylic acids is 1. The van der Waals surface area contributed by atoms with Crippen molar-refractivity contribution in [2.45, 2.75) is 32.2 Å². The minimum atomic E-state index is 0.0999. The second-order valence-electron chi connectivity index (χ2n) is 6.58. The number of likely N-dealkylation sites (tertiary alicyclic amines) is 2. The number of benzene rings is 1. The first-order chi connectivity index (χ1) is 10.1. The lowest BCUT2D eigenvalue weighted by molar-refractivity contribution is 0.0317. The third-order valence-electron chi connectivity index (χ3n) is 5.07. The van der Waals surface area contributed by atoms with Crippen molar-refractivity contribution in [1.82, 2.24) is 9.80 Å². The summed E-state index contributed by atoms with van der Waals surface area (Å²) in [5.41, 5.74) is 8.33. The zero-order valence-corrected chi connectivity index (χ0v) is 13.0. The van der Waals surface area contributed by atoms with Crippen LogP contribution in [-0.2, 0) is 0 Å². The summed E-state index contributed by atoms with van der Waals surface area (Å²) in [4.78, 5) is 17.2. The minimum absolute atomic E-state index is 0.0999. The van der Waals surface area contributed by atoms with Gasteiger partial charge in [-0.05, 0) is 57.8 Å². The Bertz CT molecular complexity index is 543. The number of piperidine rings is 2. The highest BCUT2D eigenvalue weighted by molar-refractivity contribution is 5.99. The highest BCUT2D eigenvalue weighted by Gasteiger charge is 2.36. The quantitative estimate of drug-likeness (QED) is 0.805. The van der Waals surface area contributed by atoms with Crippen LogP contribution in [0.3, 0.4) is 0 Å². The first kappa shape index (κ1) is 14.4. The van der Waals surface area contributed by atoms with Crippen molar-refractivity contribution in [3.63, 3.8) is 0 Å². The molecule has 0 bridgehead atoms. The number of fused-ring (bicyclic) bond motifs is 1. The molecule has 2 atom stereocenters. The molecule has 2 fully saturated rings. The zero-order chi connectivity index (χ0) is 15.0. The number of amides is 1. The van der Waals surface area contributed by atoms with Gasteiger partial charge in [0.15, 0.2) is 0 Å². The highest BCUT2D eigenvalue weighted by Crippen LogP contribution is 2.30. The van der Waals surface area contributed by atoms with E-state index in [1.54, 1.807) is 0 Å². The summed E-state index contributed by atoms with van der Waals surface area (Å²) in [6.07, 6.45) is 3.56. The molecular formula is C17H25N3O. The predicted molar refractivity (Wildman–Crippen MR) is 85.3 cm³/mol. The molecule has 2 aliphatic rings. The number of anilines is 1. The lowest BCUT2D eigenvalue weighted by Crippen LogP contribution is -2.53. The molecule has 4 nitrogen and oxygen atoms in total. The number of aryl methyl sites for hydroxylation is 1. The average molecular weight is 287 g/mol. The van der Waals surface area contributed by atoms with Crippen molar-refractivity contribution in [2.75, 3.05) is 32.4 Å². The molecule has 0 aromatic heterocycles. The molecule has 2 saturated heterocycles. The van der Waals surface area contributed by atoms with Gasteiger partial charge >= 0.3 is 0 Å². The lowest BCUT2D eigenvalue weighted by atomic mass is 9.84. The largest absolute Gasteiger partial charge is 0.398 e. The van der Waals surface area contributed by atoms with Gasteiger partial charge in [0.1, 0.15) is 0 Å². The Kier molecular flexibility index (Phi) is 3.89. The third-order valence-corrected chi connectivity index (χ3v) is 5.07. The van der Waals surface area contributed by atoms with E-state index in [2.05, 4.69) is 11.9 Å². The zero-order valence-electron chi connectivity index (χ0n) is 13.0. The predicted octanol–water partition coefficient (Wildman–Crippen LogP) is 2.13. The van der Waals surface area contributed by atoms with Gasteiger partial charge < -0.3 is 15.5 Å². The van der Waals surface area contributed by atoms with Crippen LogP contribution in [0.4, 0.5) is 5.69 Å². The van der Waals surface area contributed by atoms with Crippen molar-refractivity contribution >= 4 is 11.6 Å². The van der Waals surface area contributed by atoms with E-state index < -0.39 is 0 Å². The Labute approximate surface area is 126 Å². The second kappa shape index (κ2) is 5.68. The van der Waals surface area contributed by atoms with Gasteiger partial charge in [0.25, 0.3) is 5.91 Å². The van der Waals surface area contributed by atoms with E-state index in [0.29, 0.717) is 23.2 Å². The molecule has 0 saturated carbocycles. The molecule has 2 heterocycles. The molecule has 1 amide bonds. The molecule has 3 rings (SSSR count). The summed E-state index contributed by atoms with van der Waals surface area (Å²) >= 11 is 0. The van der Waals surface area contributed by atoms with Gasteiger partial charge in [-0.25, -0.2) is 0 Å². The first-order valence-corrected chi connectivity index (χ1v) is 7.92. The fourth-order valence-electron chi connectivity index (χ4n) is 3.86. The smallest absolute Gasteiger partial charge is 0.255 e. The lowest BCUT2D eigenvalue weighted by Gasteiger charge is -2.46. The first-order valence-electron chi connectivity index (χ1n) is 7.92. The molecule has 2 aliphatic heterocycles. The van der Waals surface area contributed by atoms with Crippen LogP contribution in [0.15, 0.2) is 18.2 Å². The maximum Gasteiger partial charge on any atom is 0.255 e. The number of nitrogens with two attached hydrogens (primary N) is 1. The Morgan fingerprint density at radius 1 is 1.29 bits per heavy atom. The fraction of sp³-hybridized carbons (Fsp3) is 0.588. The molecule has 0 aliphatic carbocycles. The molecule has 0 radical (unpaired) electrons. The number of carbonyl (C=O) groups is 1. The number of nitrogen functional groups attached to an aromatic ring is 1. The molecule has 0 spiro atoms. The number of hydrogen-bond acceptors (Lipinski definition) is 3. The standard InChI is InChI=1S/C17H25N3O/c1-12-5-6-15(18)14(10-12)17(21)20-9-7-16-13(11-20)4-3-8-19(16)2/h5-6,10,13,16H,3-4,7-9,11,18H2,1-2H3. The van der Waals surface area contributed by atoms with Gasteiger partial charge in [-0.3, -0.25) is 4.79 Å². The molecule has 21 heavy (non-hydrogen) atoms. The molecule has 2 unspecified atom stereocenters. The van der Waals surface area contributed by atoms with E-state index in [0.717, 1.165) is 25.1 Å². The Morgan fingerprint density at radius 3 is 2.90 bits per heavy atom. The van der Waals surface area contributed by atoms with Crippen LogP contribution in [0.2, 0.25) is 0 Å². The van der Waals surface area contributed by atoms with Crippen molar-refractivity contribution in [2.24, 2.45) is 5.92 Å². The van der Waals surface area contributed by atoms with Crippen LogP contribution >= 0.6 is 0 Å². The van der Waals surface area contributed by atoms with Crippen LogP contribution in [0.1, 0.15) is 35.2 Å². The van der Waals surface area contributed by atoms with E-state index in [-0.39, 0.29) is 5.91 Å². The SMILES string of the molecule is Cc1ccc(N)c(C(=O)N2CCC3C(CCCN3C)C2)c1. The molecule has 1 aromatic rings. The van der Waals surface area contributed by atoms with Crippen LogP contribution in [0.5, 0.6) is 0 Å². The van der Waals surface area contributed by atoms with Gasteiger partial charge in [-0.2, -0.15) is 0 Å². The normalized spacial score (nSPS) is 26.5. The van der Waals surface area contributed by atoms with E-state index in [4.69, 9.17) is 5.73 Å². The second-order valence-corrected chi connectivity index (χ2v) is 6.58. The van der Waals surface area contributed by atoms with E-state index in [9.17, 15) is 4.79 Å². The fourth-order valence-corrected chi connectivity index (χ4v) is 3.86. The van der Waals surface area contributed by atoms with Crippen molar-refractivity contribution in [3.05, 3.63) is 29.3 Å². The number of nitrogens with zero attached hydrogens (tertiary/aromatic N) is 2. The van der Waals surface area contributed by atoms with Crippen LogP contribution in [-0.4, -0.2) is 48.4 Å². The molecule has 2 N–H and O–H groups in total. The van der Waals surface area contributed by atoms with Gasteiger partial charge in [0.2, 0.25) is 0 Å². The summed E-state index contributed by atoms with van der Waals surface area (Å²) in [5, 5.41) is 0. The Hall–Kier alpha value is -1.55. The van der Waals surface area contributed by atoms with Crippen molar-refractivity contribution in [1.29, 1.82) is 0 Å². The molecule has 1 aromatic carbocycles. The Morgan fingerprint density at radius 2 is 2.10 bits per heavy atom. The summed E-state index contributed by atoms with van der Waals surface area (Å²) in [5.74, 6) is 0.718. The third kappa shape index (κ3) is 2.77. The summed E-state index contributed by atoms with van der Waals surface area (Å²) in [6, 6.07) is 6.35. The maximum atomic E-state index is 12.8. The maximum absolute atomic E-state index is 12.8. The van der Waals surface area contributed by atoms with Crippen LogP contribution in [0, 0.1) is 12.8 Å². The monoisotopic (exact) mass is 287 g/mol. The average Bonchev–Trinajstić information content (AvgIpc) is 2.49. The topological polar surface area (TPSA) is 49.6 Å². The number of rotatable bonds is 1. The highest BCUT2D eigenvalue weighted by atomic mass is 16.2. The van der Waals surface area contributed by atoms with Gasteiger partial charge in [-0.15, -0.1) is 0 Å². The van der Waals surface area contributed by atoms with Gasteiger partial charge in [0, 0.05) is 24.8 Å². The number of hydrogen-bond donors (Lipinski definition) is 1. The molecule has 4 heteroatoms. The molecule has 114 valence electrons. The van der Waals surface area contributed by atoms with Crippen LogP contribution < -0.4 is 5.73 Å². The van der Waals surface area contributed by atoms with E-state index in [1.165, 1.54) is 19.4 Å². The van der Waals surface area contributed by atoms with Crippen molar-refractivity contribution < 1.29 is 4.79 Å². The molecular weight excluding hydrogens is 262 g/mol. The summed E-state index contributed by atoms with van der Waals surface area (Å²) in [7, 11) is 2.22. The summed E-state index contributed by atoms with van der Waals surface area (Å²) in [6.45, 7) is 4.91. The van der Waals surface area contributed by atoms with Crippen molar-refractivity contribution in [3.8, 4) is 0 Å². The Balaban J connectivity index is 1.76. The van der Waals surface area contributed by atoms with Crippen LogP contribution in [0.25, 0.3) is 0 Å². The van der Waals surface area contributed by atoms with E-state index in [1.807, 2.05) is 30.0 Å². The van der Waals surface area contributed by atoms with E-state index >= 15 is 0 Å². The minimum Gasteiger partial charge on any atom is -0.398 e. The summed E-state index contributed by atoms with van der Waals surface area (Å²) < 4.78 is 0.